The largest absolute Gasteiger partial charge is 0.465 e. The fraction of sp³-hybridized carbons (Fsp3) is 0.0385. The van der Waals surface area contributed by atoms with Gasteiger partial charge in [0.05, 0.1) is 7.11 Å². The number of rotatable bonds is 1. The van der Waals surface area contributed by atoms with Crippen molar-refractivity contribution in [1.29, 1.82) is 0 Å². The van der Waals surface area contributed by atoms with Crippen LogP contribution in [0.2, 0.25) is 0 Å². The highest BCUT2D eigenvalue weighted by Gasteiger charge is 2.19. The van der Waals surface area contributed by atoms with Crippen molar-refractivity contribution in [3.8, 4) is 0 Å². The van der Waals surface area contributed by atoms with Crippen LogP contribution in [0, 0.1) is 0 Å². The van der Waals surface area contributed by atoms with Gasteiger partial charge in [0.1, 0.15) is 4.88 Å². The van der Waals surface area contributed by atoms with Crippen molar-refractivity contribution >= 4 is 101 Å². The number of hydrogen-bond acceptors (Lipinski definition) is 5. The number of fused-ring (bicyclic) bond motifs is 11. The predicted molar refractivity (Wildman–Crippen MR) is 136 cm³/mol. The summed E-state index contributed by atoms with van der Waals surface area (Å²) >= 11 is 5.18. The molecule has 0 aliphatic heterocycles. The monoisotopic (exact) mass is 454 g/mol. The molecule has 148 valence electrons. The van der Waals surface area contributed by atoms with Crippen LogP contribution in [0.3, 0.4) is 0 Å². The van der Waals surface area contributed by atoms with Gasteiger partial charge in [-0.2, -0.15) is 0 Å². The Bertz CT molecular complexity index is 1850. The van der Waals surface area contributed by atoms with E-state index in [4.69, 9.17) is 4.74 Å². The first-order chi connectivity index (χ1) is 15.2. The Hall–Kier alpha value is -2.99. The van der Waals surface area contributed by atoms with Gasteiger partial charge in [-0.1, -0.05) is 30.3 Å². The first-order valence-corrected chi connectivity index (χ1v) is 12.4. The molecule has 0 saturated carbocycles. The molecule has 0 radical (unpaired) electrons. The van der Waals surface area contributed by atoms with Gasteiger partial charge < -0.3 is 4.74 Å². The van der Waals surface area contributed by atoms with Crippen molar-refractivity contribution < 1.29 is 9.53 Å². The zero-order valence-corrected chi connectivity index (χ0v) is 18.8. The summed E-state index contributed by atoms with van der Waals surface area (Å²) in [5.41, 5.74) is 0. The number of ether oxygens (including phenoxy) is 1. The molecule has 0 unspecified atom stereocenters. The van der Waals surface area contributed by atoms with Crippen molar-refractivity contribution in [2.45, 2.75) is 0 Å². The highest BCUT2D eigenvalue weighted by molar-refractivity contribution is 7.28. The summed E-state index contributed by atoms with van der Waals surface area (Å²) in [4.78, 5) is 12.9. The van der Waals surface area contributed by atoms with Crippen LogP contribution in [0.5, 0.6) is 0 Å². The van der Waals surface area contributed by atoms with Gasteiger partial charge >= 0.3 is 5.97 Å². The lowest BCUT2D eigenvalue weighted by Crippen LogP contribution is -1.96. The Morgan fingerprint density at radius 3 is 1.94 bits per heavy atom. The van der Waals surface area contributed by atoms with Gasteiger partial charge in [-0.05, 0) is 47.2 Å². The molecule has 31 heavy (non-hydrogen) atoms. The first-order valence-electron chi connectivity index (χ1n) is 9.93. The van der Waals surface area contributed by atoms with E-state index in [1.807, 2.05) is 28.7 Å². The van der Waals surface area contributed by atoms with E-state index in [1.54, 1.807) is 0 Å². The summed E-state index contributed by atoms with van der Waals surface area (Å²) in [6.45, 7) is 0. The fourth-order valence-corrected chi connectivity index (χ4v) is 7.94. The number of benzene rings is 4. The molecule has 0 aliphatic carbocycles. The topological polar surface area (TPSA) is 26.3 Å². The maximum absolute atomic E-state index is 12.2. The van der Waals surface area contributed by atoms with E-state index in [1.165, 1.54) is 69.6 Å². The molecule has 0 aliphatic rings. The minimum absolute atomic E-state index is 0.272. The van der Waals surface area contributed by atoms with Gasteiger partial charge in [0.2, 0.25) is 0 Å². The molecule has 0 bridgehead atoms. The molecule has 2 nitrogen and oxygen atoms in total. The molecular weight excluding hydrogens is 440 g/mol. The number of carbonyl (C=O) groups is 1. The summed E-state index contributed by atoms with van der Waals surface area (Å²) in [5.74, 6) is -0.272. The molecule has 3 aromatic heterocycles. The summed E-state index contributed by atoms with van der Waals surface area (Å²) in [6, 6.07) is 23.9. The predicted octanol–water partition coefficient (Wildman–Crippen LogP) is 8.58. The van der Waals surface area contributed by atoms with Crippen LogP contribution >= 0.6 is 34.0 Å². The Labute approximate surface area is 188 Å². The third-order valence-electron chi connectivity index (χ3n) is 6.01. The lowest BCUT2D eigenvalue weighted by molar-refractivity contribution is 0.0606. The minimum Gasteiger partial charge on any atom is -0.465 e. The zero-order chi connectivity index (χ0) is 20.7. The molecule has 7 rings (SSSR count). The van der Waals surface area contributed by atoms with E-state index >= 15 is 0 Å². The van der Waals surface area contributed by atoms with Crippen LogP contribution in [-0.4, -0.2) is 13.1 Å². The van der Waals surface area contributed by atoms with E-state index in [2.05, 4.69) is 60.7 Å². The second-order valence-corrected chi connectivity index (χ2v) is 10.9. The normalized spacial score (nSPS) is 12.2. The molecule has 0 fully saturated rings. The van der Waals surface area contributed by atoms with Crippen LogP contribution in [0.25, 0.3) is 61.2 Å². The Morgan fingerprint density at radius 2 is 1.23 bits per heavy atom. The molecule has 7 aromatic rings. The maximum Gasteiger partial charge on any atom is 0.348 e. The molecule has 3 heterocycles. The van der Waals surface area contributed by atoms with Crippen molar-refractivity contribution in [2.24, 2.45) is 0 Å². The van der Waals surface area contributed by atoms with Crippen LogP contribution in [0.4, 0.5) is 0 Å². The molecule has 4 aromatic carbocycles. The van der Waals surface area contributed by atoms with Gasteiger partial charge in [0.25, 0.3) is 0 Å². The van der Waals surface area contributed by atoms with Crippen molar-refractivity contribution in [3.05, 3.63) is 71.6 Å². The van der Waals surface area contributed by atoms with E-state index in [0.717, 1.165) is 10.1 Å². The second-order valence-electron chi connectivity index (χ2n) is 7.63. The quantitative estimate of drug-likeness (QED) is 0.232. The molecular formula is C26H14O2S3. The Kier molecular flexibility index (Phi) is 3.57. The molecule has 0 atom stereocenters. The SMILES string of the molecule is COC(=O)c1cc2c(ccc3sc4ccc5sc6ccc7ccccc7c6c5c4c32)s1. The fourth-order valence-electron chi connectivity index (χ4n) is 4.70. The van der Waals surface area contributed by atoms with Crippen LogP contribution in [0.15, 0.2) is 66.7 Å². The van der Waals surface area contributed by atoms with Gasteiger partial charge in [0, 0.05) is 50.4 Å². The number of hydrogen-bond donors (Lipinski definition) is 0. The van der Waals surface area contributed by atoms with E-state index in [-0.39, 0.29) is 5.97 Å². The second kappa shape index (κ2) is 6.26. The average molecular weight is 455 g/mol. The van der Waals surface area contributed by atoms with E-state index in [9.17, 15) is 4.79 Å². The summed E-state index contributed by atoms with van der Waals surface area (Å²) in [6.07, 6.45) is 0. The number of carbonyl (C=O) groups excluding carboxylic acids is 1. The van der Waals surface area contributed by atoms with Crippen LogP contribution in [-0.2, 0) is 4.74 Å². The average Bonchev–Trinajstić information content (AvgIpc) is 3.49. The van der Waals surface area contributed by atoms with Gasteiger partial charge in [-0.15, -0.1) is 34.0 Å². The zero-order valence-electron chi connectivity index (χ0n) is 16.4. The first kappa shape index (κ1) is 17.7. The summed E-state index contributed by atoms with van der Waals surface area (Å²) in [7, 11) is 1.44. The highest BCUT2D eigenvalue weighted by Crippen LogP contribution is 2.48. The Morgan fingerprint density at radius 1 is 0.645 bits per heavy atom. The summed E-state index contributed by atoms with van der Waals surface area (Å²) < 4.78 is 11.3. The molecule has 0 saturated heterocycles. The van der Waals surface area contributed by atoms with Gasteiger partial charge in [-0.25, -0.2) is 4.79 Å². The van der Waals surface area contributed by atoms with E-state index < -0.39 is 0 Å². The standard InChI is InChI=1S/C26H14O2S3/c1-28-26(27)21-12-15-16(29-21)8-9-18-23(15)25-20(31-18)11-10-19-24(25)22-14-5-3-2-4-13(14)6-7-17(22)30-19/h2-12H,1H3. The smallest absolute Gasteiger partial charge is 0.348 e. The molecule has 0 N–H and O–H groups in total. The number of esters is 1. The van der Waals surface area contributed by atoms with Crippen LogP contribution < -0.4 is 0 Å². The number of methoxy groups -OCH3 is 1. The lowest BCUT2D eigenvalue weighted by Gasteiger charge is -2.02. The number of thiophene rings is 3. The third-order valence-corrected chi connectivity index (χ3v) is 9.33. The molecule has 5 heteroatoms. The van der Waals surface area contributed by atoms with Crippen LogP contribution in [0.1, 0.15) is 9.67 Å². The Balaban J connectivity index is 1.76. The highest BCUT2D eigenvalue weighted by atomic mass is 32.1. The van der Waals surface area contributed by atoms with E-state index in [0.29, 0.717) is 4.88 Å². The lowest BCUT2D eigenvalue weighted by atomic mass is 9.99. The van der Waals surface area contributed by atoms with Crippen molar-refractivity contribution in [3.63, 3.8) is 0 Å². The maximum atomic E-state index is 12.2. The van der Waals surface area contributed by atoms with Gasteiger partial charge in [-0.3, -0.25) is 0 Å². The minimum atomic E-state index is -0.272. The molecule has 0 spiro atoms. The van der Waals surface area contributed by atoms with Crippen molar-refractivity contribution in [1.82, 2.24) is 0 Å². The third kappa shape index (κ3) is 2.34. The van der Waals surface area contributed by atoms with Crippen molar-refractivity contribution in [2.75, 3.05) is 7.11 Å². The molecule has 0 amide bonds. The van der Waals surface area contributed by atoms with Gasteiger partial charge in [0.15, 0.2) is 0 Å². The summed E-state index contributed by atoms with van der Waals surface area (Å²) in [5, 5.41) is 8.93.